The first-order valence-electron chi connectivity index (χ1n) is 7.36. The van der Waals surface area contributed by atoms with Crippen LogP contribution in [0.2, 0.25) is 0 Å². The Morgan fingerprint density at radius 1 is 1.16 bits per heavy atom. The second-order valence-electron chi connectivity index (χ2n) is 7.18. The van der Waals surface area contributed by atoms with E-state index in [-0.39, 0.29) is 16.7 Å². The molecule has 1 aliphatic carbocycles. The second kappa shape index (κ2) is 4.09. The molecule has 1 aromatic carbocycles. The Morgan fingerprint density at radius 2 is 1.84 bits per heavy atom. The third-order valence-electron chi connectivity index (χ3n) is 4.85. The lowest BCUT2D eigenvalue weighted by atomic mass is 9.72. The van der Waals surface area contributed by atoms with Gasteiger partial charge in [-0.15, -0.1) is 0 Å². The molecule has 0 atom stereocenters. The fourth-order valence-electron chi connectivity index (χ4n) is 3.60. The lowest BCUT2D eigenvalue weighted by molar-refractivity contribution is 0.0924. The minimum Gasteiger partial charge on any atom is -0.351 e. The molecular formula is C17H23NO. The zero-order valence-corrected chi connectivity index (χ0v) is 12.2. The van der Waals surface area contributed by atoms with Gasteiger partial charge in [0, 0.05) is 17.5 Å². The van der Waals surface area contributed by atoms with Gasteiger partial charge in [-0.05, 0) is 35.4 Å². The Labute approximate surface area is 115 Å². The molecule has 1 N–H and O–H groups in total. The quantitative estimate of drug-likeness (QED) is 0.756. The van der Waals surface area contributed by atoms with Gasteiger partial charge in [0.15, 0.2) is 0 Å². The van der Waals surface area contributed by atoms with Crippen LogP contribution in [0.25, 0.3) is 0 Å². The molecule has 0 radical (unpaired) electrons. The van der Waals surface area contributed by atoms with Gasteiger partial charge >= 0.3 is 0 Å². The minimum absolute atomic E-state index is 0.0929. The number of carbonyl (C=O) groups is 1. The maximum Gasteiger partial charge on any atom is 0.251 e. The number of carbonyl (C=O) groups excluding carboxylic acids is 1. The van der Waals surface area contributed by atoms with Crippen molar-refractivity contribution in [3.05, 3.63) is 34.9 Å². The van der Waals surface area contributed by atoms with Crippen LogP contribution >= 0.6 is 0 Å². The number of benzene rings is 1. The molecule has 1 spiro atoms. The Balaban J connectivity index is 2.12. The number of amides is 1. The summed E-state index contributed by atoms with van der Waals surface area (Å²) in [5.41, 5.74) is 3.77. The van der Waals surface area contributed by atoms with E-state index in [1.165, 1.54) is 36.8 Å². The normalized spacial score (nSPS) is 21.3. The molecule has 1 saturated carbocycles. The average molecular weight is 257 g/mol. The van der Waals surface area contributed by atoms with Gasteiger partial charge in [0.2, 0.25) is 0 Å². The monoisotopic (exact) mass is 257 g/mol. The summed E-state index contributed by atoms with van der Waals surface area (Å²) in [5, 5.41) is 3.11. The van der Waals surface area contributed by atoms with Gasteiger partial charge in [-0.25, -0.2) is 0 Å². The van der Waals surface area contributed by atoms with Crippen LogP contribution < -0.4 is 5.32 Å². The number of hydrogen-bond acceptors (Lipinski definition) is 1. The molecule has 2 heteroatoms. The third kappa shape index (κ3) is 1.98. The number of hydrogen-bond donors (Lipinski definition) is 1. The SMILES string of the molecule is CC(C)(C)c1ccc2c(c1)C(=O)NCC21CCCC1. The van der Waals surface area contributed by atoms with Crippen molar-refractivity contribution in [2.45, 2.75) is 57.3 Å². The van der Waals surface area contributed by atoms with Crippen LogP contribution in [0.15, 0.2) is 18.2 Å². The van der Waals surface area contributed by atoms with Gasteiger partial charge in [-0.2, -0.15) is 0 Å². The highest BCUT2D eigenvalue weighted by Gasteiger charge is 2.41. The van der Waals surface area contributed by atoms with Crippen molar-refractivity contribution in [3.63, 3.8) is 0 Å². The van der Waals surface area contributed by atoms with E-state index in [1.807, 2.05) is 0 Å². The Kier molecular flexibility index (Phi) is 2.74. The van der Waals surface area contributed by atoms with E-state index in [4.69, 9.17) is 0 Å². The van der Waals surface area contributed by atoms with Gasteiger partial charge in [-0.1, -0.05) is 45.7 Å². The van der Waals surface area contributed by atoms with Crippen molar-refractivity contribution in [3.8, 4) is 0 Å². The van der Waals surface area contributed by atoms with Crippen molar-refractivity contribution >= 4 is 5.91 Å². The van der Waals surface area contributed by atoms with Gasteiger partial charge in [-0.3, -0.25) is 4.79 Å². The highest BCUT2D eigenvalue weighted by Crippen LogP contribution is 2.44. The Morgan fingerprint density at radius 3 is 2.47 bits per heavy atom. The predicted molar refractivity (Wildman–Crippen MR) is 77.6 cm³/mol. The molecule has 1 aliphatic heterocycles. The van der Waals surface area contributed by atoms with E-state index >= 15 is 0 Å². The third-order valence-corrected chi connectivity index (χ3v) is 4.85. The molecule has 1 aromatic rings. The van der Waals surface area contributed by atoms with Crippen molar-refractivity contribution in [2.75, 3.05) is 6.54 Å². The summed E-state index contributed by atoms with van der Waals surface area (Å²) < 4.78 is 0. The van der Waals surface area contributed by atoms with Gasteiger partial charge in [0.1, 0.15) is 0 Å². The fourth-order valence-corrected chi connectivity index (χ4v) is 3.60. The Bertz CT molecular complexity index is 519. The van der Waals surface area contributed by atoms with Gasteiger partial charge in [0.05, 0.1) is 0 Å². The molecule has 0 bridgehead atoms. The van der Waals surface area contributed by atoms with E-state index < -0.39 is 0 Å². The maximum atomic E-state index is 12.2. The summed E-state index contributed by atoms with van der Waals surface area (Å²) in [5.74, 6) is 0.110. The van der Waals surface area contributed by atoms with E-state index in [1.54, 1.807) is 0 Å². The summed E-state index contributed by atoms with van der Waals surface area (Å²) >= 11 is 0. The molecule has 1 heterocycles. The van der Waals surface area contributed by atoms with Crippen LogP contribution in [0.3, 0.4) is 0 Å². The van der Waals surface area contributed by atoms with Crippen LogP contribution in [-0.4, -0.2) is 12.5 Å². The molecular weight excluding hydrogens is 234 g/mol. The average Bonchev–Trinajstić information content (AvgIpc) is 2.83. The van der Waals surface area contributed by atoms with Crippen molar-refractivity contribution in [1.82, 2.24) is 5.32 Å². The van der Waals surface area contributed by atoms with E-state index in [2.05, 4.69) is 44.3 Å². The van der Waals surface area contributed by atoms with Crippen molar-refractivity contribution in [1.29, 1.82) is 0 Å². The van der Waals surface area contributed by atoms with Gasteiger partial charge < -0.3 is 5.32 Å². The largest absolute Gasteiger partial charge is 0.351 e. The van der Waals surface area contributed by atoms with Crippen molar-refractivity contribution in [2.24, 2.45) is 0 Å². The first-order valence-corrected chi connectivity index (χ1v) is 7.36. The highest BCUT2D eigenvalue weighted by molar-refractivity contribution is 5.97. The second-order valence-corrected chi connectivity index (χ2v) is 7.18. The lowest BCUT2D eigenvalue weighted by Gasteiger charge is -2.36. The molecule has 1 fully saturated rings. The highest BCUT2D eigenvalue weighted by atomic mass is 16.1. The molecule has 2 nitrogen and oxygen atoms in total. The smallest absolute Gasteiger partial charge is 0.251 e. The first-order chi connectivity index (χ1) is 8.92. The summed E-state index contributed by atoms with van der Waals surface area (Å²) in [6, 6.07) is 6.56. The summed E-state index contributed by atoms with van der Waals surface area (Å²) in [7, 11) is 0. The molecule has 0 aromatic heterocycles. The lowest BCUT2D eigenvalue weighted by Crippen LogP contribution is -2.45. The number of nitrogens with one attached hydrogen (secondary N) is 1. The standard InChI is InChI=1S/C17H23NO/c1-16(2,3)12-6-7-14-13(10-12)15(19)18-11-17(14)8-4-5-9-17/h6-7,10H,4-5,8-9,11H2,1-3H3,(H,18,19). The van der Waals surface area contributed by atoms with E-state index in [0.717, 1.165) is 12.1 Å². The minimum atomic E-state index is 0.0929. The fraction of sp³-hybridized carbons (Fsp3) is 0.588. The first kappa shape index (κ1) is 12.7. The van der Waals surface area contributed by atoms with Gasteiger partial charge in [0.25, 0.3) is 5.91 Å². The van der Waals surface area contributed by atoms with Crippen LogP contribution in [0.1, 0.15) is 67.9 Å². The molecule has 19 heavy (non-hydrogen) atoms. The molecule has 102 valence electrons. The number of rotatable bonds is 0. The molecule has 0 saturated heterocycles. The number of fused-ring (bicyclic) bond motifs is 2. The van der Waals surface area contributed by atoms with Crippen LogP contribution in [0, 0.1) is 0 Å². The van der Waals surface area contributed by atoms with Crippen LogP contribution in [-0.2, 0) is 10.8 Å². The maximum absolute atomic E-state index is 12.2. The summed E-state index contributed by atoms with van der Waals surface area (Å²) in [6.45, 7) is 7.41. The van der Waals surface area contributed by atoms with Crippen molar-refractivity contribution < 1.29 is 4.79 Å². The zero-order valence-electron chi connectivity index (χ0n) is 12.2. The van der Waals surface area contributed by atoms with E-state index in [0.29, 0.717) is 0 Å². The van der Waals surface area contributed by atoms with Crippen LogP contribution in [0.5, 0.6) is 0 Å². The Hall–Kier alpha value is -1.31. The zero-order chi connectivity index (χ0) is 13.7. The molecule has 3 rings (SSSR count). The topological polar surface area (TPSA) is 29.1 Å². The predicted octanol–water partition coefficient (Wildman–Crippen LogP) is 3.54. The van der Waals surface area contributed by atoms with Crippen LogP contribution in [0.4, 0.5) is 0 Å². The molecule has 2 aliphatic rings. The summed E-state index contributed by atoms with van der Waals surface area (Å²) in [4.78, 5) is 12.2. The molecule has 1 amide bonds. The molecule has 0 unspecified atom stereocenters. The van der Waals surface area contributed by atoms with E-state index in [9.17, 15) is 4.79 Å². The summed E-state index contributed by atoms with van der Waals surface area (Å²) in [6.07, 6.45) is 5.01.